The van der Waals surface area contributed by atoms with Crippen molar-refractivity contribution in [2.75, 3.05) is 11.9 Å². The van der Waals surface area contributed by atoms with E-state index in [0.29, 0.717) is 30.9 Å². The summed E-state index contributed by atoms with van der Waals surface area (Å²) in [6.07, 6.45) is 16.2. The fourth-order valence-electron chi connectivity index (χ4n) is 4.45. The minimum absolute atomic E-state index is 0.266. The topological polar surface area (TPSA) is 123 Å². The Bertz CT molecular complexity index is 1360. The first kappa shape index (κ1) is 25.3. The fraction of sp³-hybridized carbons (Fsp3) is 0.393. The van der Waals surface area contributed by atoms with Crippen LogP contribution in [0, 0.1) is 5.41 Å². The number of anilines is 1. The van der Waals surface area contributed by atoms with E-state index in [1.165, 1.54) is 24.6 Å². The van der Waals surface area contributed by atoms with Crippen LogP contribution in [0.2, 0.25) is 0 Å². The molecule has 0 fully saturated rings. The van der Waals surface area contributed by atoms with Crippen molar-refractivity contribution in [1.29, 1.82) is 5.41 Å². The number of allylic oxidation sites excluding steroid dienone is 1. The van der Waals surface area contributed by atoms with Gasteiger partial charge in [0.2, 0.25) is 0 Å². The van der Waals surface area contributed by atoms with Gasteiger partial charge in [-0.05, 0) is 62.4 Å². The number of H-pyrrole nitrogens is 1. The highest BCUT2D eigenvalue weighted by atomic mass is 16.3. The van der Waals surface area contributed by atoms with Gasteiger partial charge in [0, 0.05) is 37.3 Å². The molecule has 8 nitrogen and oxygen atoms in total. The minimum Gasteiger partial charge on any atom is -0.505 e. The number of aryl methyl sites for hydroxylation is 1. The van der Waals surface area contributed by atoms with Gasteiger partial charge in [0.15, 0.2) is 5.65 Å². The molecule has 0 saturated carbocycles. The Labute approximate surface area is 211 Å². The molecule has 0 aromatic carbocycles. The Kier molecular flexibility index (Phi) is 8.60. The van der Waals surface area contributed by atoms with E-state index in [2.05, 4.69) is 38.3 Å². The molecule has 4 aromatic heterocycles. The van der Waals surface area contributed by atoms with Gasteiger partial charge in [0.05, 0.1) is 16.6 Å². The number of hydrogen-bond acceptors (Lipinski definition) is 7. The lowest BCUT2D eigenvalue weighted by molar-refractivity contribution is 0.474. The van der Waals surface area contributed by atoms with E-state index in [4.69, 9.17) is 10.4 Å². The summed E-state index contributed by atoms with van der Waals surface area (Å²) < 4.78 is 0. The van der Waals surface area contributed by atoms with Gasteiger partial charge in [-0.3, -0.25) is 4.98 Å². The van der Waals surface area contributed by atoms with E-state index >= 15 is 0 Å². The molecule has 0 radical (unpaired) electrons. The molecule has 0 saturated heterocycles. The maximum absolute atomic E-state index is 10.8. The van der Waals surface area contributed by atoms with E-state index in [1.54, 1.807) is 12.4 Å². The summed E-state index contributed by atoms with van der Waals surface area (Å²) in [5, 5.41) is 22.4. The summed E-state index contributed by atoms with van der Waals surface area (Å²) >= 11 is 0. The third-order valence-corrected chi connectivity index (χ3v) is 6.33. The molecule has 8 heteroatoms. The van der Waals surface area contributed by atoms with Crippen LogP contribution in [-0.2, 0) is 12.8 Å². The number of aromatic nitrogens is 5. The minimum atomic E-state index is 0.266. The zero-order valence-electron chi connectivity index (χ0n) is 21.1. The van der Waals surface area contributed by atoms with Crippen molar-refractivity contribution in [2.24, 2.45) is 0 Å². The SMILES string of the molecule is CCCCC(=CCCNc1nc(Cc2cnc3nccnc3c2)cc2[nH]c(CC)c(O)c12)CCC=N. The third kappa shape index (κ3) is 6.05. The molecular formula is C28H35N7O. The highest BCUT2D eigenvalue weighted by Gasteiger charge is 2.16. The van der Waals surface area contributed by atoms with E-state index in [9.17, 15) is 5.11 Å². The quantitative estimate of drug-likeness (QED) is 0.103. The first-order chi connectivity index (χ1) is 17.6. The lowest BCUT2D eigenvalue weighted by Gasteiger charge is -2.11. The number of nitrogens with zero attached hydrogens (tertiary/aromatic N) is 4. The van der Waals surface area contributed by atoms with Crippen LogP contribution >= 0.6 is 0 Å². The molecule has 0 aliphatic carbocycles. The number of rotatable bonds is 13. The Morgan fingerprint density at radius 1 is 1.11 bits per heavy atom. The largest absolute Gasteiger partial charge is 0.505 e. The van der Waals surface area contributed by atoms with Crippen LogP contribution in [0.15, 0.2) is 42.4 Å². The molecule has 0 aliphatic rings. The van der Waals surface area contributed by atoms with Gasteiger partial charge >= 0.3 is 0 Å². The number of aromatic amines is 1. The Morgan fingerprint density at radius 2 is 1.97 bits per heavy atom. The zero-order chi connectivity index (χ0) is 25.3. The Hall–Kier alpha value is -3.81. The van der Waals surface area contributed by atoms with Gasteiger partial charge in [-0.2, -0.15) is 0 Å². The summed E-state index contributed by atoms with van der Waals surface area (Å²) in [4.78, 5) is 21.3. The number of unbranched alkanes of at least 4 members (excludes halogenated alkanes) is 1. The van der Waals surface area contributed by atoms with Crippen LogP contribution in [0.25, 0.3) is 22.1 Å². The van der Waals surface area contributed by atoms with Crippen LogP contribution in [0.1, 0.15) is 69.3 Å². The first-order valence-electron chi connectivity index (χ1n) is 12.8. The van der Waals surface area contributed by atoms with E-state index in [1.807, 2.05) is 25.3 Å². The molecule has 4 aromatic rings. The molecule has 4 N–H and O–H groups in total. The molecular weight excluding hydrogens is 450 g/mol. The van der Waals surface area contributed by atoms with Gasteiger partial charge in [0.25, 0.3) is 0 Å². The molecule has 0 bridgehead atoms. The summed E-state index contributed by atoms with van der Waals surface area (Å²) in [5.41, 5.74) is 6.36. The van der Waals surface area contributed by atoms with Crippen molar-refractivity contribution in [3.8, 4) is 5.75 Å². The van der Waals surface area contributed by atoms with Crippen molar-refractivity contribution in [2.45, 2.75) is 65.2 Å². The number of fused-ring (bicyclic) bond motifs is 2. The number of hydrogen-bond donors (Lipinski definition) is 4. The standard InChI is InChI=1S/C28H35N7O/c1-3-5-8-19(9-6-11-29)10-7-12-31-28-25-23(35-22(4-2)26(25)36)17-21(34-28)15-20-16-24-27(33-18-20)32-14-13-30-24/h10-11,13-14,16-18,29,35-36H,3-9,12,15H2,1-2H3,(H,31,34). The normalized spacial score (nSPS) is 11.9. The highest BCUT2D eigenvalue weighted by Crippen LogP contribution is 2.35. The number of aromatic hydroxyl groups is 1. The van der Waals surface area contributed by atoms with Gasteiger partial charge in [-0.15, -0.1) is 0 Å². The van der Waals surface area contributed by atoms with E-state index in [-0.39, 0.29) is 5.75 Å². The number of nitrogens with one attached hydrogen (secondary N) is 3. The molecule has 0 unspecified atom stereocenters. The summed E-state index contributed by atoms with van der Waals surface area (Å²) in [5.74, 6) is 0.953. The Balaban J connectivity index is 1.56. The number of pyridine rings is 2. The summed E-state index contributed by atoms with van der Waals surface area (Å²) in [6.45, 7) is 4.94. The fourth-order valence-corrected chi connectivity index (χ4v) is 4.45. The van der Waals surface area contributed by atoms with Crippen molar-refractivity contribution >= 4 is 34.1 Å². The lowest BCUT2D eigenvalue weighted by atomic mass is 10.0. The average molecular weight is 486 g/mol. The van der Waals surface area contributed by atoms with Crippen molar-refractivity contribution in [3.63, 3.8) is 0 Å². The molecule has 4 rings (SSSR count). The lowest BCUT2D eigenvalue weighted by Crippen LogP contribution is -2.05. The van der Waals surface area contributed by atoms with E-state index < -0.39 is 0 Å². The predicted octanol–water partition coefficient (Wildman–Crippen LogP) is 6.11. The third-order valence-electron chi connectivity index (χ3n) is 6.33. The smallest absolute Gasteiger partial charge is 0.178 e. The monoisotopic (exact) mass is 485 g/mol. The van der Waals surface area contributed by atoms with Crippen LogP contribution in [0.5, 0.6) is 5.75 Å². The second-order valence-electron chi connectivity index (χ2n) is 9.03. The van der Waals surface area contributed by atoms with Gasteiger partial charge in [-0.1, -0.05) is 31.9 Å². The van der Waals surface area contributed by atoms with Crippen molar-refractivity contribution < 1.29 is 5.11 Å². The van der Waals surface area contributed by atoms with Crippen LogP contribution in [0.4, 0.5) is 5.82 Å². The second kappa shape index (κ2) is 12.2. The summed E-state index contributed by atoms with van der Waals surface area (Å²) in [6, 6.07) is 4.00. The van der Waals surface area contributed by atoms with E-state index in [0.717, 1.165) is 59.1 Å². The first-order valence-corrected chi connectivity index (χ1v) is 12.8. The van der Waals surface area contributed by atoms with Gasteiger partial charge in [-0.25, -0.2) is 15.0 Å². The van der Waals surface area contributed by atoms with Gasteiger partial charge < -0.3 is 20.8 Å². The molecule has 4 heterocycles. The second-order valence-corrected chi connectivity index (χ2v) is 9.03. The molecule has 0 amide bonds. The molecule has 188 valence electrons. The van der Waals surface area contributed by atoms with Crippen LogP contribution < -0.4 is 5.32 Å². The predicted molar refractivity (Wildman–Crippen MR) is 146 cm³/mol. The highest BCUT2D eigenvalue weighted by molar-refractivity contribution is 5.96. The Morgan fingerprint density at radius 3 is 2.78 bits per heavy atom. The van der Waals surface area contributed by atoms with Crippen molar-refractivity contribution in [1.82, 2.24) is 24.9 Å². The van der Waals surface area contributed by atoms with Crippen molar-refractivity contribution in [3.05, 3.63) is 59.3 Å². The van der Waals surface area contributed by atoms with Gasteiger partial charge in [0.1, 0.15) is 17.1 Å². The average Bonchev–Trinajstić information content (AvgIpc) is 3.22. The molecule has 0 spiro atoms. The molecule has 0 atom stereocenters. The molecule has 36 heavy (non-hydrogen) atoms. The maximum atomic E-state index is 10.8. The maximum Gasteiger partial charge on any atom is 0.178 e. The van der Waals surface area contributed by atoms with Crippen LogP contribution in [-0.4, -0.2) is 42.8 Å². The van der Waals surface area contributed by atoms with Crippen LogP contribution in [0.3, 0.4) is 0 Å². The summed E-state index contributed by atoms with van der Waals surface area (Å²) in [7, 11) is 0. The molecule has 0 aliphatic heterocycles. The zero-order valence-corrected chi connectivity index (χ0v) is 21.1.